The maximum Gasteiger partial charge on any atom is 0.321 e. The topological polar surface area (TPSA) is 93.1 Å². The zero-order valence-corrected chi connectivity index (χ0v) is 12.8. The van der Waals surface area contributed by atoms with E-state index in [2.05, 4.69) is 31.5 Å². The molecule has 0 bridgehead atoms. The zero-order valence-electron chi connectivity index (χ0n) is 11.2. The van der Waals surface area contributed by atoms with Crippen molar-refractivity contribution in [2.24, 2.45) is 0 Å². The molecular formula is C13H13BrN4O3. The molecule has 0 spiro atoms. The molecule has 0 aliphatic carbocycles. The molecule has 0 fully saturated rings. The predicted molar refractivity (Wildman–Crippen MR) is 80.9 cm³/mol. The van der Waals surface area contributed by atoms with Crippen LogP contribution in [0.15, 0.2) is 33.8 Å². The first-order valence-electron chi connectivity index (χ1n) is 6.23. The lowest BCUT2D eigenvalue weighted by Crippen LogP contribution is -2.42. The first-order valence-corrected chi connectivity index (χ1v) is 7.03. The summed E-state index contributed by atoms with van der Waals surface area (Å²) in [5, 5.41) is 4.96. The first kappa shape index (κ1) is 15.2. The maximum absolute atomic E-state index is 12.2. The van der Waals surface area contributed by atoms with Gasteiger partial charge in [0.15, 0.2) is 0 Å². The number of aromatic nitrogens is 2. The van der Waals surface area contributed by atoms with Gasteiger partial charge in [-0.2, -0.15) is 0 Å². The van der Waals surface area contributed by atoms with Crippen LogP contribution in [0.4, 0.5) is 4.79 Å². The van der Waals surface area contributed by atoms with E-state index in [0.29, 0.717) is 17.4 Å². The molecule has 3 amide bonds. The van der Waals surface area contributed by atoms with E-state index in [4.69, 9.17) is 0 Å². The molecule has 0 unspecified atom stereocenters. The fourth-order valence-electron chi connectivity index (χ4n) is 1.77. The lowest BCUT2D eigenvalue weighted by atomic mass is 10.2. The molecule has 21 heavy (non-hydrogen) atoms. The highest BCUT2D eigenvalue weighted by molar-refractivity contribution is 9.10. The van der Waals surface area contributed by atoms with E-state index in [1.54, 1.807) is 25.1 Å². The van der Waals surface area contributed by atoms with E-state index in [1.165, 1.54) is 6.33 Å². The van der Waals surface area contributed by atoms with Crippen molar-refractivity contribution >= 4 is 38.8 Å². The molecule has 110 valence electrons. The van der Waals surface area contributed by atoms with Crippen molar-refractivity contribution in [3.8, 4) is 0 Å². The molecule has 2 aromatic rings. The number of carbonyl (C=O) groups excluding carboxylic acids is 2. The standard InChI is InChI=1S/C13H13BrN4O3/c1-2-15-13(21)17-11(19)6-18-7-16-10-4-3-8(14)5-9(10)12(18)20/h3-5,7H,2,6H2,1H3,(H2,15,17,19,21). The third-order valence-electron chi connectivity index (χ3n) is 2.69. The van der Waals surface area contributed by atoms with Crippen LogP contribution in [0, 0.1) is 0 Å². The Morgan fingerprint density at radius 3 is 2.86 bits per heavy atom. The number of carbonyl (C=O) groups is 2. The Morgan fingerprint density at radius 1 is 1.38 bits per heavy atom. The molecule has 0 aliphatic rings. The van der Waals surface area contributed by atoms with Gasteiger partial charge < -0.3 is 5.32 Å². The number of nitrogens with one attached hydrogen (secondary N) is 2. The number of urea groups is 1. The van der Waals surface area contributed by atoms with Gasteiger partial charge in [0, 0.05) is 11.0 Å². The average molecular weight is 353 g/mol. The highest BCUT2D eigenvalue weighted by Crippen LogP contribution is 2.14. The summed E-state index contributed by atoms with van der Waals surface area (Å²) in [6, 6.07) is 4.54. The number of nitrogens with zero attached hydrogens (tertiary/aromatic N) is 2. The van der Waals surface area contributed by atoms with Crippen LogP contribution in [0.1, 0.15) is 6.92 Å². The number of benzene rings is 1. The van der Waals surface area contributed by atoms with Crippen LogP contribution in [-0.2, 0) is 11.3 Å². The summed E-state index contributed by atoms with van der Waals surface area (Å²) in [5.74, 6) is -0.584. The van der Waals surface area contributed by atoms with Crippen LogP contribution in [0.5, 0.6) is 0 Å². The van der Waals surface area contributed by atoms with Crippen LogP contribution < -0.4 is 16.2 Å². The van der Waals surface area contributed by atoms with E-state index in [9.17, 15) is 14.4 Å². The molecule has 8 heteroatoms. The van der Waals surface area contributed by atoms with Gasteiger partial charge in [0.1, 0.15) is 6.54 Å². The lowest BCUT2D eigenvalue weighted by molar-refractivity contribution is -0.120. The van der Waals surface area contributed by atoms with E-state index in [0.717, 1.165) is 9.04 Å². The molecule has 0 saturated carbocycles. The number of amides is 3. The van der Waals surface area contributed by atoms with Gasteiger partial charge in [-0.15, -0.1) is 0 Å². The maximum atomic E-state index is 12.2. The molecule has 2 rings (SSSR count). The van der Waals surface area contributed by atoms with Crippen molar-refractivity contribution in [3.05, 3.63) is 39.4 Å². The number of rotatable bonds is 3. The van der Waals surface area contributed by atoms with Gasteiger partial charge in [-0.3, -0.25) is 19.5 Å². The van der Waals surface area contributed by atoms with Gasteiger partial charge in [-0.25, -0.2) is 9.78 Å². The van der Waals surface area contributed by atoms with E-state index in [1.807, 2.05) is 0 Å². The second-order valence-corrected chi connectivity index (χ2v) is 5.16. The smallest absolute Gasteiger partial charge is 0.321 e. The molecule has 7 nitrogen and oxygen atoms in total. The lowest BCUT2D eigenvalue weighted by Gasteiger charge is -2.07. The summed E-state index contributed by atoms with van der Waals surface area (Å²) >= 11 is 3.28. The molecule has 1 aromatic carbocycles. The Bertz CT molecular complexity index is 757. The summed E-state index contributed by atoms with van der Waals surface area (Å²) in [7, 11) is 0. The number of fused-ring (bicyclic) bond motifs is 1. The van der Waals surface area contributed by atoms with E-state index < -0.39 is 11.9 Å². The number of imide groups is 1. The number of hydrogen-bond donors (Lipinski definition) is 2. The second-order valence-electron chi connectivity index (χ2n) is 4.25. The van der Waals surface area contributed by atoms with Gasteiger partial charge >= 0.3 is 6.03 Å². The third kappa shape index (κ3) is 3.66. The SMILES string of the molecule is CCNC(=O)NC(=O)Cn1cnc2ccc(Br)cc2c1=O. The van der Waals surface area contributed by atoms with Gasteiger partial charge in [0.25, 0.3) is 5.56 Å². The molecule has 0 saturated heterocycles. The molecule has 1 heterocycles. The molecule has 0 atom stereocenters. The summed E-state index contributed by atoms with van der Waals surface area (Å²) in [5.41, 5.74) is 0.205. The highest BCUT2D eigenvalue weighted by atomic mass is 79.9. The fourth-order valence-corrected chi connectivity index (χ4v) is 2.13. The Balaban J connectivity index is 2.23. The quantitative estimate of drug-likeness (QED) is 0.861. The number of hydrogen-bond acceptors (Lipinski definition) is 4. The van der Waals surface area contributed by atoms with Crippen molar-refractivity contribution in [1.82, 2.24) is 20.2 Å². The van der Waals surface area contributed by atoms with Crippen molar-refractivity contribution in [3.63, 3.8) is 0 Å². The van der Waals surface area contributed by atoms with Gasteiger partial charge in [-0.05, 0) is 25.1 Å². The Labute approximate surface area is 128 Å². The largest absolute Gasteiger partial charge is 0.338 e. The molecule has 0 radical (unpaired) electrons. The van der Waals surface area contributed by atoms with Crippen molar-refractivity contribution in [1.29, 1.82) is 0 Å². The zero-order chi connectivity index (χ0) is 15.4. The summed E-state index contributed by atoms with van der Waals surface area (Å²) in [4.78, 5) is 39.3. The van der Waals surface area contributed by atoms with E-state index >= 15 is 0 Å². The average Bonchev–Trinajstić information content (AvgIpc) is 2.42. The first-order chi connectivity index (χ1) is 10.0. The van der Waals surface area contributed by atoms with Crippen LogP contribution in [0.25, 0.3) is 10.9 Å². The minimum absolute atomic E-state index is 0.272. The van der Waals surface area contributed by atoms with Gasteiger partial charge in [0.2, 0.25) is 5.91 Å². The molecule has 2 N–H and O–H groups in total. The molecule has 1 aromatic heterocycles. The van der Waals surface area contributed by atoms with Crippen molar-refractivity contribution in [2.45, 2.75) is 13.5 Å². The van der Waals surface area contributed by atoms with Crippen LogP contribution >= 0.6 is 15.9 Å². The minimum Gasteiger partial charge on any atom is -0.338 e. The summed E-state index contributed by atoms with van der Waals surface area (Å²) in [6.07, 6.45) is 1.29. The summed E-state index contributed by atoms with van der Waals surface area (Å²) in [6.45, 7) is 1.87. The van der Waals surface area contributed by atoms with Gasteiger partial charge in [0.05, 0.1) is 17.2 Å². The third-order valence-corrected chi connectivity index (χ3v) is 3.18. The minimum atomic E-state index is -0.591. The normalized spacial score (nSPS) is 10.4. The highest BCUT2D eigenvalue weighted by Gasteiger charge is 2.10. The summed E-state index contributed by atoms with van der Waals surface area (Å²) < 4.78 is 1.90. The van der Waals surface area contributed by atoms with Gasteiger partial charge in [-0.1, -0.05) is 15.9 Å². The predicted octanol–water partition coefficient (Wildman–Crippen LogP) is 1.00. The van der Waals surface area contributed by atoms with Crippen molar-refractivity contribution in [2.75, 3.05) is 6.54 Å². The Morgan fingerprint density at radius 2 is 2.14 bits per heavy atom. The molecular weight excluding hydrogens is 340 g/mol. The second kappa shape index (κ2) is 6.49. The Kier molecular flexibility index (Phi) is 4.69. The molecule has 0 aliphatic heterocycles. The number of halogens is 1. The van der Waals surface area contributed by atoms with Crippen LogP contribution in [0.3, 0.4) is 0 Å². The fraction of sp³-hybridized carbons (Fsp3) is 0.231. The Hall–Kier alpha value is -2.22. The monoisotopic (exact) mass is 352 g/mol. The van der Waals surface area contributed by atoms with Crippen LogP contribution in [0.2, 0.25) is 0 Å². The van der Waals surface area contributed by atoms with Crippen LogP contribution in [-0.4, -0.2) is 28.0 Å². The van der Waals surface area contributed by atoms with E-state index in [-0.39, 0.29) is 12.1 Å². The van der Waals surface area contributed by atoms with Crippen molar-refractivity contribution < 1.29 is 9.59 Å².